The highest BCUT2D eigenvalue weighted by molar-refractivity contribution is 7.22. The zero-order valence-corrected chi connectivity index (χ0v) is 13.1. The zero-order valence-electron chi connectivity index (χ0n) is 12.3. The Bertz CT molecular complexity index is 747. The Balaban J connectivity index is 1.83. The Morgan fingerprint density at radius 2 is 2.24 bits per heavy atom. The van der Waals surface area contributed by atoms with Gasteiger partial charge in [0.25, 0.3) is 0 Å². The fourth-order valence-electron chi connectivity index (χ4n) is 2.02. The molecule has 2 aromatic heterocycles. The van der Waals surface area contributed by atoms with Crippen LogP contribution < -0.4 is 10.1 Å². The molecular weight excluding hydrogens is 284 g/mol. The van der Waals surface area contributed by atoms with Gasteiger partial charge in [-0.25, -0.2) is 4.98 Å². The van der Waals surface area contributed by atoms with Crippen LogP contribution in [0.3, 0.4) is 0 Å². The molecule has 0 aliphatic heterocycles. The Morgan fingerprint density at radius 3 is 2.95 bits per heavy atom. The van der Waals surface area contributed by atoms with Gasteiger partial charge in [0.1, 0.15) is 5.75 Å². The van der Waals surface area contributed by atoms with Gasteiger partial charge in [-0.15, -0.1) is 0 Å². The van der Waals surface area contributed by atoms with Crippen LogP contribution >= 0.6 is 11.3 Å². The van der Waals surface area contributed by atoms with Gasteiger partial charge in [0, 0.05) is 12.2 Å². The number of nitrogens with one attached hydrogen (secondary N) is 1. The lowest BCUT2D eigenvalue weighted by Crippen LogP contribution is -1.99. The van der Waals surface area contributed by atoms with Crippen molar-refractivity contribution in [1.82, 2.24) is 14.8 Å². The molecule has 0 amide bonds. The maximum Gasteiger partial charge on any atom is 0.188 e. The molecule has 0 spiro atoms. The average molecular weight is 302 g/mol. The first-order valence-electron chi connectivity index (χ1n) is 7.00. The van der Waals surface area contributed by atoms with E-state index in [9.17, 15) is 0 Å². The maximum absolute atomic E-state index is 5.52. The third kappa shape index (κ3) is 3.00. The van der Waals surface area contributed by atoms with Crippen molar-refractivity contribution in [2.45, 2.75) is 26.8 Å². The highest BCUT2D eigenvalue weighted by Gasteiger charge is 2.07. The summed E-state index contributed by atoms with van der Waals surface area (Å²) in [5, 5.41) is 8.48. The largest absolute Gasteiger partial charge is 0.494 e. The molecule has 0 fully saturated rings. The van der Waals surface area contributed by atoms with Crippen LogP contribution in [-0.2, 0) is 0 Å². The lowest BCUT2D eigenvalue weighted by atomic mass is 10.3. The van der Waals surface area contributed by atoms with E-state index in [1.54, 1.807) is 11.3 Å². The van der Waals surface area contributed by atoms with Gasteiger partial charge >= 0.3 is 0 Å². The van der Waals surface area contributed by atoms with Crippen molar-refractivity contribution in [3.8, 4) is 5.75 Å². The fourth-order valence-corrected chi connectivity index (χ4v) is 2.94. The summed E-state index contributed by atoms with van der Waals surface area (Å²) in [4.78, 5) is 4.58. The molecule has 5 nitrogen and oxygen atoms in total. The van der Waals surface area contributed by atoms with Crippen molar-refractivity contribution >= 4 is 32.4 Å². The molecule has 0 unspecified atom stereocenters. The van der Waals surface area contributed by atoms with Gasteiger partial charge < -0.3 is 10.1 Å². The van der Waals surface area contributed by atoms with Gasteiger partial charge in [0.15, 0.2) is 5.13 Å². The lowest BCUT2D eigenvalue weighted by Gasteiger charge is -2.03. The van der Waals surface area contributed by atoms with Crippen LogP contribution in [-0.4, -0.2) is 21.4 Å². The summed E-state index contributed by atoms with van der Waals surface area (Å²) < 4.78 is 8.55. The predicted molar refractivity (Wildman–Crippen MR) is 86.7 cm³/mol. The number of rotatable bonds is 5. The first-order valence-corrected chi connectivity index (χ1v) is 7.82. The van der Waals surface area contributed by atoms with Gasteiger partial charge in [-0.3, -0.25) is 4.68 Å². The summed E-state index contributed by atoms with van der Waals surface area (Å²) in [7, 11) is 0. The normalized spacial score (nSPS) is 11.2. The molecule has 0 saturated heterocycles. The summed E-state index contributed by atoms with van der Waals surface area (Å²) in [5.41, 5.74) is 1.93. The molecule has 0 atom stereocenters. The summed E-state index contributed by atoms with van der Waals surface area (Å²) in [6.07, 6.45) is 3.81. The molecule has 0 bridgehead atoms. The van der Waals surface area contributed by atoms with Crippen molar-refractivity contribution in [2.75, 3.05) is 11.9 Å². The van der Waals surface area contributed by atoms with E-state index in [1.165, 1.54) is 0 Å². The smallest absolute Gasteiger partial charge is 0.188 e. The number of benzene rings is 1. The lowest BCUT2D eigenvalue weighted by molar-refractivity contribution is 0.341. The van der Waals surface area contributed by atoms with E-state index in [-0.39, 0.29) is 0 Å². The molecule has 3 rings (SSSR count). The van der Waals surface area contributed by atoms with Gasteiger partial charge in [0.05, 0.1) is 28.7 Å². The number of hydrogen-bond acceptors (Lipinski definition) is 5. The van der Waals surface area contributed by atoms with Crippen LogP contribution in [0.2, 0.25) is 0 Å². The summed E-state index contributed by atoms with van der Waals surface area (Å²) >= 11 is 1.61. The molecule has 110 valence electrons. The number of aromatic nitrogens is 3. The third-order valence-corrected chi connectivity index (χ3v) is 3.99. The molecule has 0 aliphatic carbocycles. The van der Waals surface area contributed by atoms with Crippen molar-refractivity contribution in [3.05, 3.63) is 30.6 Å². The molecule has 2 heterocycles. The van der Waals surface area contributed by atoms with Gasteiger partial charge in [-0.2, -0.15) is 5.10 Å². The van der Waals surface area contributed by atoms with E-state index < -0.39 is 0 Å². The van der Waals surface area contributed by atoms with Crippen LogP contribution in [0.25, 0.3) is 10.2 Å². The Kier molecular flexibility index (Phi) is 3.79. The molecule has 3 aromatic rings. The first-order chi connectivity index (χ1) is 10.2. The van der Waals surface area contributed by atoms with Gasteiger partial charge in [-0.1, -0.05) is 11.3 Å². The third-order valence-electron chi connectivity index (χ3n) is 3.05. The summed E-state index contributed by atoms with van der Waals surface area (Å²) in [6, 6.07) is 6.31. The Labute approximate surface area is 127 Å². The number of nitrogens with zero attached hydrogens (tertiary/aromatic N) is 3. The average Bonchev–Trinajstić information content (AvgIpc) is 3.05. The highest BCUT2D eigenvalue weighted by atomic mass is 32.1. The molecular formula is C15H18N4OS. The quantitative estimate of drug-likeness (QED) is 0.767. The van der Waals surface area contributed by atoms with E-state index in [0.717, 1.165) is 26.8 Å². The molecule has 0 aliphatic rings. The second-order valence-corrected chi connectivity index (χ2v) is 6.04. The minimum atomic E-state index is 0.352. The molecule has 0 radical (unpaired) electrons. The monoisotopic (exact) mass is 302 g/mol. The van der Waals surface area contributed by atoms with Crippen molar-refractivity contribution < 1.29 is 4.74 Å². The zero-order chi connectivity index (χ0) is 14.8. The van der Waals surface area contributed by atoms with Crippen LogP contribution in [0.5, 0.6) is 5.75 Å². The molecule has 21 heavy (non-hydrogen) atoms. The molecule has 6 heteroatoms. The number of hydrogen-bond donors (Lipinski definition) is 1. The Morgan fingerprint density at radius 1 is 1.38 bits per heavy atom. The summed E-state index contributed by atoms with van der Waals surface area (Å²) in [6.45, 7) is 6.85. The predicted octanol–water partition coefficient (Wildman–Crippen LogP) is 4.22. The standard InChI is InChI=1S/C15H18N4OS/c1-4-20-12-5-6-13-14(7-12)21-15(18-13)17-11-8-16-19(9-11)10(2)3/h5-10H,4H2,1-3H3,(H,17,18). The van der Waals surface area contributed by atoms with E-state index in [2.05, 4.69) is 29.2 Å². The van der Waals surface area contributed by atoms with E-state index in [0.29, 0.717) is 12.6 Å². The topological polar surface area (TPSA) is 52.0 Å². The van der Waals surface area contributed by atoms with Crippen molar-refractivity contribution in [1.29, 1.82) is 0 Å². The number of ether oxygens (including phenoxy) is 1. The van der Waals surface area contributed by atoms with Crippen LogP contribution in [0.4, 0.5) is 10.8 Å². The molecule has 0 saturated carbocycles. The minimum Gasteiger partial charge on any atom is -0.494 e. The van der Waals surface area contributed by atoms with Crippen LogP contribution in [0.1, 0.15) is 26.8 Å². The first kappa shape index (κ1) is 13.9. The number of anilines is 2. The van der Waals surface area contributed by atoms with E-state index >= 15 is 0 Å². The minimum absolute atomic E-state index is 0.352. The van der Waals surface area contributed by atoms with Gasteiger partial charge in [0.2, 0.25) is 0 Å². The van der Waals surface area contributed by atoms with Crippen LogP contribution in [0.15, 0.2) is 30.6 Å². The maximum atomic E-state index is 5.52. The van der Waals surface area contributed by atoms with Crippen molar-refractivity contribution in [3.63, 3.8) is 0 Å². The summed E-state index contributed by atoms with van der Waals surface area (Å²) in [5.74, 6) is 0.882. The fraction of sp³-hybridized carbons (Fsp3) is 0.333. The molecule has 1 N–H and O–H groups in total. The number of fused-ring (bicyclic) bond motifs is 1. The molecule has 1 aromatic carbocycles. The van der Waals surface area contributed by atoms with Crippen molar-refractivity contribution in [2.24, 2.45) is 0 Å². The Hall–Kier alpha value is -2.08. The van der Waals surface area contributed by atoms with Crippen LogP contribution in [0, 0.1) is 0 Å². The second-order valence-electron chi connectivity index (χ2n) is 5.01. The SMILES string of the molecule is CCOc1ccc2nc(Nc3cnn(C(C)C)c3)sc2c1. The number of thiazole rings is 1. The van der Waals surface area contributed by atoms with E-state index in [1.807, 2.05) is 42.2 Å². The van der Waals surface area contributed by atoms with E-state index in [4.69, 9.17) is 4.74 Å². The van der Waals surface area contributed by atoms with Gasteiger partial charge in [-0.05, 0) is 39.0 Å². The second kappa shape index (κ2) is 5.73. The highest BCUT2D eigenvalue weighted by Crippen LogP contribution is 2.31.